The fourth-order valence-corrected chi connectivity index (χ4v) is 4.22. The molecule has 1 aliphatic rings. The van der Waals surface area contributed by atoms with E-state index >= 15 is 0 Å². The van der Waals surface area contributed by atoms with E-state index in [0.717, 1.165) is 35.4 Å². The number of ketones is 1. The lowest BCUT2D eigenvalue weighted by Crippen LogP contribution is -2.23. The highest BCUT2D eigenvalue weighted by molar-refractivity contribution is 6.48. The standard InChI is InChI=1S/C25H23N5O2/c1-16-23(19-9-2-3-10-21(19)26-16)24(31)25(32)27-18-8-6-7-17(15-18)20-11-12-22(29-28-20)30-13-4-5-14-30/h2-3,6-12,15,26H,4-5,13-14H2,1H3,(H,27,32). The van der Waals surface area contributed by atoms with Crippen LogP contribution in [-0.2, 0) is 4.79 Å². The van der Waals surface area contributed by atoms with Gasteiger partial charge in [0, 0.05) is 40.9 Å². The van der Waals surface area contributed by atoms with Crippen LogP contribution in [0.2, 0.25) is 0 Å². The predicted octanol–water partition coefficient (Wildman–Crippen LogP) is 4.35. The Balaban J connectivity index is 1.35. The van der Waals surface area contributed by atoms with Crippen LogP contribution in [0.15, 0.2) is 60.7 Å². The number of anilines is 2. The largest absolute Gasteiger partial charge is 0.358 e. The van der Waals surface area contributed by atoms with Crippen molar-refractivity contribution < 1.29 is 9.59 Å². The van der Waals surface area contributed by atoms with Gasteiger partial charge >= 0.3 is 0 Å². The SMILES string of the molecule is Cc1[nH]c2ccccc2c1C(=O)C(=O)Nc1cccc(-c2ccc(N3CCCC3)nn2)c1. The third-order valence-corrected chi connectivity index (χ3v) is 5.82. The minimum absolute atomic E-state index is 0.401. The number of nitrogens with zero attached hydrogens (tertiary/aromatic N) is 3. The summed E-state index contributed by atoms with van der Waals surface area (Å²) in [6.45, 7) is 3.82. The number of Topliss-reactive ketones (excluding diaryl/α,β-unsaturated/α-hetero) is 1. The van der Waals surface area contributed by atoms with Crippen LogP contribution >= 0.6 is 0 Å². The molecule has 2 aromatic heterocycles. The molecule has 1 aliphatic heterocycles. The molecule has 1 amide bonds. The summed E-state index contributed by atoms with van der Waals surface area (Å²) in [4.78, 5) is 31.0. The first-order chi connectivity index (χ1) is 15.6. The molecule has 0 radical (unpaired) electrons. The highest BCUT2D eigenvalue weighted by Crippen LogP contribution is 2.25. The molecule has 7 heteroatoms. The van der Waals surface area contributed by atoms with E-state index in [4.69, 9.17) is 0 Å². The minimum atomic E-state index is -0.675. The van der Waals surface area contributed by atoms with Crippen LogP contribution in [0.5, 0.6) is 0 Å². The fourth-order valence-electron chi connectivity index (χ4n) is 4.22. The summed E-state index contributed by atoms with van der Waals surface area (Å²) in [5.74, 6) is -0.360. The van der Waals surface area contributed by atoms with Crippen LogP contribution in [0, 0.1) is 6.92 Å². The number of hydrogen-bond acceptors (Lipinski definition) is 5. The summed E-state index contributed by atoms with van der Waals surface area (Å²) in [6, 6.07) is 18.6. The molecular formula is C25H23N5O2. The first-order valence-corrected chi connectivity index (χ1v) is 10.7. The van der Waals surface area contributed by atoms with Crippen molar-refractivity contribution in [3.05, 3.63) is 71.9 Å². The smallest absolute Gasteiger partial charge is 0.296 e. The number of rotatable bonds is 5. The van der Waals surface area contributed by atoms with Crippen LogP contribution < -0.4 is 10.2 Å². The molecule has 2 N–H and O–H groups in total. The van der Waals surface area contributed by atoms with E-state index in [-0.39, 0.29) is 0 Å². The van der Waals surface area contributed by atoms with Crippen LogP contribution in [0.1, 0.15) is 28.9 Å². The van der Waals surface area contributed by atoms with Gasteiger partial charge in [-0.3, -0.25) is 9.59 Å². The maximum absolute atomic E-state index is 12.9. The number of aromatic amines is 1. The third kappa shape index (κ3) is 3.73. The number of para-hydroxylation sites is 1. The average molecular weight is 425 g/mol. The highest BCUT2D eigenvalue weighted by Gasteiger charge is 2.23. The molecule has 0 saturated carbocycles. The lowest BCUT2D eigenvalue weighted by Gasteiger charge is -2.15. The molecular weight excluding hydrogens is 402 g/mol. The molecule has 7 nitrogen and oxygen atoms in total. The van der Waals surface area contributed by atoms with Gasteiger partial charge in [-0.15, -0.1) is 10.2 Å². The van der Waals surface area contributed by atoms with Crippen LogP contribution in [-0.4, -0.2) is 40.0 Å². The van der Waals surface area contributed by atoms with Crippen molar-refractivity contribution in [1.82, 2.24) is 15.2 Å². The molecule has 0 aliphatic carbocycles. The monoisotopic (exact) mass is 425 g/mol. The number of aromatic nitrogens is 3. The van der Waals surface area contributed by atoms with Gasteiger partial charge in [0.05, 0.1) is 11.3 Å². The van der Waals surface area contributed by atoms with Crippen LogP contribution in [0.4, 0.5) is 11.5 Å². The molecule has 5 rings (SSSR count). The first kappa shape index (κ1) is 19.9. The Labute approximate surface area is 185 Å². The van der Waals surface area contributed by atoms with Crippen LogP contribution in [0.25, 0.3) is 22.2 Å². The molecule has 0 unspecified atom stereocenters. The molecule has 2 aromatic carbocycles. The second-order valence-corrected chi connectivity index (χ2v) is 8.01. The summed E-state index contributed by atoms with van der Waals surface area (Å²) >= 11 is 0. The van der Waals surface area contributed by atoms with Gasteiger partial charge in [0.1, 0.15) is 0 Å². The summed E-state index contributed by atoms with van der Waals surface area (Å²) in [5.41, 5.74) is 3.97. The van der Waals surface area contributed by atoms with Crippen molar-refractivity contribution in [3.63, 3.8) is 0 Å². The van der Waals surface area contributed by atoms with Gasteiger partial charge in [-0.1, -0.05) is 30.3 Å². The number of benzene rings is 2. The zero-order chi connectivity index (χ0) is 22.1. The van der Waals surface area contributed by atoms with E-state index in [1.165, 1.54) is 12.8 Å². The van der Waals surface area contributed by atoms with Crippen molar-refractivity contribution in [2.45, 2.75) is 19.8 Å². The van der Waals surface area contributed by atoms with E-state index in [2.05, 4.69) is 25.4 Å². The number of nitrogens with one attached hydrogen (secondary N) is 2. The number of carbonyl (C=O) groups excluding carboxylic acids is 2. The molecule has 1 fully saturated rings. The van der Waals surface area contributed by atoms with Gasteiger partial charge in [0.2, 0.25) is 0 Å². The van der Waals surface area contributed by atoms with Gasteiger partial charge < -0.3 is 15.2 Å². The van der Waals surface area contributed by atoms with Crippen molar-refractivity contribution in [2.75, 3.05) is 23.3 Å². The van der Waals surface area contributed by atoms with E-state index in [0.29, 0.717) is 22.6 Å². The number of H-pyrrole nitrogens is 1. The summed E-state index contributed by atoms with van der Waals surface area (Å²) in [6.07, 6.45) is 2.37. The third-order valence-electron chi connectivity index (χ3n) is 5.82. The quantitative estimate of drug-likeness (QED) is 0.366. The maximum atomic E-state index is 12.9. The zero-order valence-electron chi connectivity index (χ0n) is 17.8. The number of carbonyl (C=O) groups is 2. The summed E-state index contributed by atoms with van der Waals surface area (Å²) in [5, 5.41) is 12.2. The Morgan fingerprint density at radius 3 is 2.56 bits per heavy atom. The number of amides is 1. The Hall–Kier alpha value is -4.00. The van der Waals surface area contributed by atoms with Crippen molar-refractivity contribution in [3.8, 4) is 11.3 Å². The molecule has 3 heterocycles. The Kier molecular flexibility index (Phi) is 5.15. The van der Waals surface area contributed by atoms with E-state index in [9.17, 15) is 9.59 Å². The molecule has 0 spiro atoms. The first-order valence-electron chi connectivity index (χ1n) is 10.7. The zero-order valence-corrected chi connectivity index (χ0v) is 17.8. The second kappa shape index (κ2) is 8.26. The molecule has 1 saturated heterocycles. The molecule has 0 bridgehead atoms. The van der Waals surface area contributed by atoms with Gasteiger partial charge in [-0.2, -0.15) is 0 Å². The minimum Gasteiger partial charge on any atom is -0.358 e. The van der Waals surface area contributed by atoms with Crippen molar-refractivity contribution in [2.24, 2.45) is 0 Å². The fraction of sp³-hybridized carbons (Fsp3) is 0.200. The van der Waals surface area contributed by atoms with Gasteiger partial charge in [-0.25, -0.2) is 0 Å². The van der Waals surface area contributed by atoms with Crippen LogP contribution in [0.3, 0.4) is 0 Å². The molecule has 160 valence electrons. The lowest BCUT2D eigenvalue weighted by molar-refractivity contribution is -0.112. The maximum Gasteiger partial charge on any atom is 0.296 e. The number of fused-ring (bicyclic) bond motifs is 1. The van der Waals surface area contributed by atoms with Crippen molar-refractivity contribution in [1.29, 1.82) is 0 Å². The number of aryl methyl sites for hydroxylation is 1. The van der Waals surface area contributed by atoms with E-state index in [1.54, 1.807) is 19.1 Å². The average Bonchev–Trinajstić information content (AvgIpc) is 3.46. The van der Waals surface area contributed by atoms with Gasteiger partial charge in [-0.05, 0) is 50.1 Å². The number of hydrogen-bond donors (Lipinski definition) is 2. The Bertz CT molecular complexity index is 1300. The van der Waals surface area contributed by atoms with E-state index in [1.807, 2.05) is 48.5 Å². The van der Waals surface area contributed by atoms with Gasteiger partial charge in [0.25, 0.3) is 11.7 Å². The lowest BCUT2D eigenvalue weighted by atomic mass is 10.1. The molecule has 4 aromatic rings. The summed E-state index contributed by atoms with van der Waals surface area (Å²) < 4.78 is 0. The van der Waals surface area contributed by atoms with E-state index < -0.39 is 11.7 Å². The Morgan fingerprint density at radius 1 is 0.969 bits per heavy atom. The second-order valence-electron chi connectivity index (χ2n) is 8.01. The Morgan fingerprint density at radius 2 is 1.78 bits per heavy atom. The van der Waals surface area contributed by atoms with Crippen molar-refractivity contribution >= 4 is 34.1 Å². The topological polar surface area (TPSA) is 91.0 Å². The highest BCUT2D eigenvalue weighted by atomic mass is 16.2. The van der Waals surface area contributed by atoms with Gasteiger partial charge in [0.15, 0.2) is 5.82 Å². The summed E-state index contributed by atoms with van der Waals surface area (Å²) in [7, 11) is 0. The normalized spacial score (nSPS) is 13.5. The molecule has 0 atom stereocenters. The molecule has 32 heavy (non-hydrogen) atoms. The predicted molar refractivity (Wildman–Crippen MR) is 125 cm³/mol.